The number of carbonyl (C=O) groups excluding carboxylic acids is 1. The molecule has 7 N–H and O–H groups in total. The molecular weight excluding hydrogens is 438 g/mol. The highest BCUT2D eigenvalue weighted by atomic mass is 16.3. The molecule has 8 atom stereocenters. The predicted octanol–water partition coefficient (Wildman–Crippen LogP) is 2.99. The van der Waals surface area contributed by atoms with E-state index in [2.05, 4.69) is 10.2 Å². The van der Waals surface area contributed by atoms with Crippen LogP contribution in [0.2, 0.25) is 0 Å². The number of carbonyl (C=O) groups is 1. The number of hydrogen-bond donors (Lipinski definition) is 5. The number of fused-ring (bicyclic) bond motifs is 2. The average Bonchev–Trinajstić information content (AvgIpc) is 3.23. The van der Waals surface area contributed by atoms with Gasteiger partial charge in [-0.25, -0.2) is 0 Å². The largest absolute Gasteiger partial charge is 0.396 e. The van der Waals surface area contributed by atoms with Crippen molar-refractivity contribution < 1.29 is 9.90 Å². The van der Waals surface area contributed by atoms with Gasteiger partial charge in [0.1, 0.15) is 0 Å². The zero-order valence-electron chi connectivity index (χ0n) is 21.5. The third-order valence-corrected chi connectivity index (χ3v) is 10.8. The molecule has 8 unspecified atom stereocenters. The molecule has 7 nitrogen and oxygen atoms in total. The highest BCUT2D eigenvalue weighted by molar-refractivity contribution is 5.83. The van der Waals surface area contributed by atoms with Gasteiger partial charge in [-0.2, -0.15) is 0 Å². The second-order valence-corrected chi connectivity index (χ2v) is 12.8. The summed E-state index contributed by atoms with van der Waals surface area (Å²) in [7, 11) is 0. The summed E-state index contributed by atoms with van der Waals surface area (Å²) < 4.78 is 0. The summed E-state index contributed by atoms with van der Waals surface area (Å²) >= 11 is 0. The molecule has 1 aliphatic heterocycles. The first kappa shape index (κ1) is 25.5. The van der Waals surface area contributed by atoms with Crippen molar-refractivity contribution >= 4 is 11.7 Å². The number of amidine groups is 1. The van der Waals surface area contributed by atoms with Gasteiger partial charge in [0.25, 0.3) is 0 Å². The maximum absolute atomic E-state index is 13.7. The van der Waals surface area contributed by atoms with E-state index in [-0.39, 0.29) is 30.0 Å². The van der Waals surface area contributed by atoms with Crippen molar-refractivity contribution in [3.8, 4) is 0 Å². The van der Waals surface area contributed by atoms with Crippen LogP contribution >= 0.6 is 0 Å². The van der Waals surface area contributed by atoms with Crippen molar-refractivity contribution in [3.05, 3.63) is 0 Å². The van der Waals surface area contributed by atoms with E-state index in [4.69, 9.17) is 16.9 Å². The maximum atomic E-state index is 13.7. The van der Waals surface area contributed by atoms with Crippen LogP contribution in [0.3, 0.4) is 0 Å². The molecule has 5 fully saturated rings. The van der Waals surface area contributed by atoms with E-state index in [1.165, 1.54) is 32.1 Å². The Bertz CT molecular complexity index is 754. The number of nitrogens with two attached hydrogens (primary N) is 2. The number of nitrogens with one attached hydrogen (secondary N) is 2. The lowest BCUT2D eigenvalue weighted by atomic mass is 9.61. The highest BCUT2D eigenvalue weighted by Gasteiger charge is 2.50. The first-order valence-corrected chi connectivity index (χ1v) is 14.7. The summed E-state index contributed by atoms with van der Waals surface area (Å²) in [5.74, 6) is 3.67. The summed E-state index contributed by atoms with van der Waals surface area (Å²) in [4.78, 5) is 16.3. The second-order valence-electron chi connectivity index (χ2n) is 12.8. The van der Waals surface area contributed by atoms with Crippen LogP contribution in [0, 0.1) is 40.9 Å². The van der Waals surface area contributed by atoms with Gasteiger partial charge in [-0.3, -0.25) is 15.1 Å². The smallest absolute Gasteiger partial charge is 0.237 e. The molecule has 1 heterocycles. The normalized spacial score (nSPS) is 44.3. The molecule has 0 spiro atoms. The van der Waals surface area contributed by atoms with E-state index < -0.39 is 0 Å². The van der Waals surface area contributed by atoms with Crippen LogP contribution in [0.4, 0.5) is 0 Å². The van der Waals surface area contributed by atoms with Gasteiger partial charge in [-0.1, -0.05) is 12.8 Å². The Balaban J connectivity index is 1.32. The zero-order chi connectivity index (χ0) is 24.5. The van der Waals surface area contributed by atoms with Crippen molar-refractivity contribution in [2.45, 2.75) is 114 Å². The summed E-state index contributed by atoms with van der Waals surface area (Å²) in [6.45, 7) is 1.33. The molecule has 1 saturated heterocycles. The van der Waals surface area contributed by atoms with Gasteiger partial charge in [0.2, 0.25) is 5.91 Å². The van der Waals surface area contributed by atoms with E-state index >= 15 is 0 Å². The maximum Gasteiger partial charge on any atom is 0.237 e. The summed E-state index contributed by atoms with van der Waals surface area (Å²) in [6, 6.07) is 0.865. The monoisotopic (exact) mass is 487 g/mol. The third kappa shape index (κ3) is 5.42. The van der Waals surface area contributed by atoms with Gasteiger partial charge >= 0.3 is 0 Å². The van der Waals surface area contributed by atoms with Gasteiger partial charge < -0.3 is 21.9 Å². The molecule has 0 bridgehead atoms. The van der Waals surface area contributed by atoms with Crippen molar-refractivity contribution in [2.24, 2.45) is 47.0 Å². The number of hydrogen-bond acceptors (Lipinski definition) is 5. The number of nitrogens with zero attached hydrogens (tertiary/aromatic N) is 1. The molecule has 4 saturated carbocycles. The molecule has 0 radical (unpaired) electrons. The SMILES string of the molecule is N=C(N)C1CCC2CC(C(=O)NC3CCC(N)CC3)N(CC3CCC(CO)C4CCCCC34)C2C1. The molecule has 0 aromatic rings. The number of amides is 1. The number of aliphatic hydroxyl groups excluding tert-OH is 1. The number of rotatable bonds is 6. The van der Waals surface area contributed by atoms with Crippen LogP contribution in [0.5, 0.6) is 0 Å². The van der Waals surface area contributed by atoms with E-state index in [9.17, 15) is 9.90 Å². The summed E-state index contributed by atoms with van der Waals surface area (Å²) in [6.07, 6.45) is 15.4. The topological polar surface area (TPSA) is 128 Å². The van der Waals surface area contributed by atoms with Crippen LogP contribution in [0.25, 0.3) is 0 Å². The zero-order valence-corrected chi connectivity index (χ0v) is 21.5. The van der Waals surface area contributed by atoms with Crippen LogP contribution in [-0.2, 0) is 4.79 Å². The number of likely N-dealkylation sites (tertiary alicyclic amines) is 1. The Morgan fingerprint density at radius 1 is 0.914 bits per heavy atom. The Morgan fingerprint density at radius 3 is 2.29 bits per heavy atom. The van der Waals surface area contributed by atoms with E-state index in [0.717, 1.165) is 64.3 Å². The van der Waals surface area contributed by atoms with Crippen LogP contribution in [-0.4, -0.2) is 59.1 Å². The summed E-state index contributed by atoms with van der Waals surface area (Å²) in [5.41, 5.74) is 12.1. The van der Waals surface area contributed by atoms with Crippen LogP contribution < -0.4 is 16.8 Å². The van der Waals surface area contributed by atoms with E-state index in [1.54, 1.807) is 0 Å². The minimum atomic E-state index is -0.0519. The molecule has 0 aromatic carbocycles. The fourth-order valence-electron chi connectivity index (χ4n) is 8.85. The quantitative estimate of drug-likeness (QED) is 0.291. The van der Waals surface area contributed by atoms with Crippen molar-refractivity contribution in [1.82, 2.24) is 10.2 Å². The minimum absolute atomic E-state index is 0.0519. The van der Waals surface area contributed by atoms with Gasteiger partial charge in [-0.05, 0) is 107 Å². The Labute approximate surface area is 211 Å². The summed E-state index contributed by atoms with van der Waals surface area (Å²) in [5, 5.41) is 21.5. The van der Waals surface area contributed by atoms with E-state index in [1.807, 2.05) is 0 Å². The predicted molar refractivity (Wildman–Crippen MR) is 139 cm³/mol. The first-order valence-electron chi connectivity index (χ1n) is 14.7. The molecular formula is C28H49N5O2. The molecule has 4 aliphatic carbocycles. The van der Waals surface area contributed by atoms with Gasteiger partial charge in [0, 0.05) is 37.2 Å². The molecule has 198 valence electrons. The van der Waals surface area contributed by atoms with Gasteiger partial charge in [0.05, 0.1) is 11.9 Å². The number of aliphatic hydroxyl groups is 1. The Kier molecular flexibility index (Phi) is 8.05. The standard InChI is InChI=1S/C28H49N5O2/c29-21-9-11-22(12-10-21)32-28(35)26-13-17-5-6-18(27(30)31)14-25(17)33(26)15-19-7-8-20(16-34)24-4-2-1-3-23(19)24/h17-26,34H,1-16,29H2,(H3,30,31)(H,32,35). The Morgan fingerprint density at radius 2 is 1.60 bits per heavy atom. The lowest BCUT2D eigenvalue weighted by Crippen LogP contribution is -2.53. The minimum Gasteiger partial charge on any atom is -0.396 e. The second kappa shape index (κ2) is 11.1. The van der Waals surface area contributed by atoms with Crippen LogP contribution in [0.15, 0.2) is 0 Å². The molecule has 5 rings (SSSR count). The Hall–Kier alpha value is -1.18. The van der Waals surface area contributed by atoms with E-state index in [0.29, 0.717) is 48.1 Å². The van der Waals surface area contributed by atoms with Gasteiger partial charge in [0.15, 0.2) is 0 Å². The molecule has 1 amide bonds. The van der Waals surface area contributed by atoms with Gasteiger partial charge in [-0.15, -0.1) is 0 Å². The first-order chi connectivity index (χ1) is 16.9. The highest BCUT2D eigenvalue weighted by Crippen LogP contribution is 2.49. The van der Waals surface area contributed by atoms with Crippen molar-refractivity contribution in [3.63, 3.8) is 0 Å². The molecule has 35 heavy (non-hydrogen) atoms. The van der Waals surface area contributed by atoms with Crippen LogP contribution in [0.1, 0.15) is 89.9 Å². The molecule has 5 aliphatic rings. The average molecular weight is 488 g/mol. The molecule has 7 heteroatoms. The lowest BCUT2D eigenvalue weighted by molar-refractivity contribution is -0.127. The lowest BCUT2D eigenvalue weighted by Gasteiger charge is -2.48. The van der Waals surface area contributed by atoms with Crippen molar-refractivity contribution in [1.29, 1.82) is 5.41 Å². The fraction of sp³-hybridized carbons (Fsp3) is 0.929. The fourth-order valence-corrected chi connectivity index (χ4v) is 8.85. The van der Waals surface area contributed by atoms with Crippen molar-refractivity contribution in [2.75, 3.05) is 13.2 Å². The third-order valence-electron chi connectivity index (χ3n) is 10.8. The molecule has 0 aromatic heterocycles.